The normalized spacial score (nSPS) is 26.2. The van der Waals surface area contributed by atoms with E-state index in [-0.39, 0.29) is 5.91 Å². The molecule has 0 aliphatic carbocycles. The van der Waals surface area contributed by atoms with Gasteiger partial charge in [-0.2, -0.15) is 0 Å². The van der Waals surface area contributed by atoms with Crippen LogP contribution in [0.25, 0.3) is 0 Å². The number of piperidine rings is 1. The zero-order chi connectivity index (χ0) is 14.1. The molecule has 3 rings (SSSR count). The van der Waals surface area contributed by atoms with E-state index in [1.807, 2.05) is 6.07 Å². The molecule has 2 aliphatic rings. The number of likely N-dealkylation sites (tertiary alicyclic amines) is 1. The minimum Gasteiger partial charge on any atom is -0.336 e. The monoisotopic (exact) mass is 272 g/mol. The van der Waals surface area contributed by atoms with Gasteiger partial charge in [0.25, 0.3) is 5.91 Å². The van der Waals surface area contributed by atoms with E-state index in [1.54, 1.807) is 0 Å². The molecule has 1 saturated heterocycles. The van der Waals surface area contributed by atoms with Gasteiger partial charge in [0.15, 0.2) is 0 Å². The Morgan fingerprint density at radius 1 is 1.30 bits per heavy atom. The maximum Gasteiger partial charge on any atom is 0.254 e. The number of nitrogens with one attached hydrogen (secondary N) is 1. The molecule has 108 valence electrons. The number of hydrogen-bond donors (Lipinski definition) is 1. The van der Waals surface area contributed by atoms with E-state index in [0.29, 0.717) is 6.04 Å². The van der Waals surface area contributed by atoms with E-state index in [1.165, 1.54) is 11.1 Å². The van der Waals surface area contributed by atoms with Gasteiger partial charge in [0.2, 0.25) is 0 Å². The molecule has 0 spiro atoms. The van der Waals surface area contributed by atoms with Crippen molar-refractivity contribution in [3.05, 3.63) is 34.9 Å². The predicted molar refractivity (Wildman–Crippen MR) is 80.7 cm³/mol. The fraction of sp³-hybridized carbons (Fsp3) is 0.588. The van der Waals surface area contributed by atoms with Crippen LogP contribution in [0.1, 0.15) is 48.2 Å². The number of carbonyl (C=O) groups is 1. The van der Waals surface area contributed by atoms with Crippen LogP contribution in [0.5, 0.6) is 0 Å². The van der Waals surface area contributed by atoms with Gasteiger partial charge in [-0.1, -0.05) is 13.0 Å². The molecule has 1 fully saturated rings. The largest absolute Gasteiger partial charge is 0.336 e. The van der Waals surface area contributed by atoms with Gasteiger partial charge >= 0.3 is 0 Å². The van der Waals surface area contributed by atoms with Gasteiger partial charge in [-0.25, -0.2) is 0 Å². The lowest BCUT2D eigenvalue weighted by Gasteiger charge is -2.36. The highest BCUT2D eigenvalue weighted by Crippen LogP contribution is 2.25. The van der Waals surface area contributed by atoms with Crippen molar-refractivity contribution in [1.29, 1.82) is 0 Å². The number of benzene rings is 1. The fourth-order valence-electron chi connectivity index (χ4n) is 3.49. The Labute approximate surface area is 121 Å². The number of hydrogen-bond acceptors (Lipinski definition) is 2. The molecule has 2 atom stereocenters. The molecular formula is C17H24N2O. The summed E-state index contributed by atoms with van der Waals surface area (Å²) in [6.07, 6.45) is 3.32. The fourth-order valence-corrected chi connectivity index (χ4v) is 3.49. The second kappa shape index (κ2) is 5.57. The van der Waals surface area contributed by atoms with Crippen LogP contribution >= 0.6 is 0 Å². The number of nitrogens with zero attached hydrogens (tertiary/aromatic N) is 1. The topological polar surface area (TPSA) is 32.3 Å². The van der Waals surface area contributed by atoms with Gasteiger partial charge < -0.3 is 10.2 Å². The van der Waals surface area contributed by atoms with Crippen molar-refractivity contribution in [2.24, 2.45) is 5.92 Å². The summed E-state index contributed by atoms with van der Waals surface area (Å²) in [5.74, 6) is 0.944. The highest BCUT2D eigenvalue weighted by Gasteiger charge is 2.27. The van der Waals surface area contributed by atoms with Crippen LogP contribution in [0.3, 0.4) is 0 Å². The van der Waals surface area contributed by atoms with Crippen molar-refractivity contribution in [1.82, 2.24) is 10.2 Å². The van der Waals surface area contributed by atoms with Crippen LogP contribution in [-0.4, -0.2) is 29.9 Å². The Morgan fingerprint density at radius 2 is 2.15 bits per heavy atom. The summed E-state index contributed by atoms with van der Waals surface area (Å²) in [6, 6.07) is 6.60. The van der Waals surface area contributed by atoms with Crippen LogP contribution in [0.15, 0.2) is 18.2 Å². The summed E-state index contributed by atoms with van der Waals surface area (Å²) in [6.45, 7) is 7.29. The molecule has 20 heavy (non-hydrogen) atoms. The second-order valence-electron chi connectivity index (χ2n) is 6.39. The third kappa shape index (κ3) is 2.59. The molecular weight excluding hydrogens is 248 g/mol. The average Bonchev–Trinajstić information content (AvgIpc) is 2.46. The minimum absolute atomic E-state index is 0.206. The number of fused-ring (bicyclic) bond motifs is 1. The van der Waals surface area contributed by atoms with Gasteiger partial charge in [0.1, 0.15) is 0 Å². The highest BCUT2D eigenvalue weighted by molar-refractivity contribution is 5.94. The number of carbonyl (C=O) groups excluding carboxylic acids is 1. The van der Waals surface area contributed by atoms with Crippen LogP contribution in [0, 0.1) is 5.92 Å². The van der Waals surface area contributed by atoms with Crippen molar-refractivity contribution in [2.45, 2.75) is 45.7 Å². The first-order valence-corrected chi connectivity index (χ1v) is 7.78. The Balaban J connectivity index is 1.80. The molecule has 0 radical (unpaired) electrons. The van der Waals surface area contributed by atoms with Crippen molar-refractivity contribution < 1.29 is 4.79 Å². The molecule has 2 heterocycles. The molecule has 3 nitrogen and oxygen atoms in total. The van der Waals surface area contributed by atoms with Crippen LogP contribution in [0.4, 0.5) is 0 Å². The van der Waals surface area contributed by atoms with E-state index in [0.717, 1.165) is 50.4 Å². The summed E-state index contributed by atoms with van der Waals surface area (Å²) < 4.78 is 0. The molecule has 1 N–H and O–H groups in total. The summed E-state index contributed by atoms with van der Waals surface area (Å²) in [5.41, 5.74) is 3.54. The molecule has 1 aromatic rings. The molecule has 0 aromatic heterocycles. The van der Waals surface area contributed by atoms with Crippen molar-refractivity contribution in [3.63, 3.8) is 0 Å². The summed E-state index contributed by atoms with van der Waals surface area (Å²) in [7, 11) is 0. The van der Waals surface area contributed by atoms with Gasteiger partial charge in [0, 0.05) is 24.7 Å². The standard InChI is InChI=1S/C17H24N2O/c1-12-6-8-19(13(2)9-12)17(20)15-4-3-14-5-7-18-11-16(14)10-15/h3-4,10,12-13,18H,5-9,11H2,1-2H3. The van der Waals surface area contributed by atoms with E-state index in [9.17, 15) is 4.79 Å². The quantitative estimate of drug-likeness (QED) is 0.852. The first-order valence-electron chi connectivity index (χ1n) is 7.78. The van der Waals surface area contributed by atoms with E-state index in [4.69, 9.17) is 0 Å². The first kappa shape index (κ1) is 13.6. The van der Waals surface area contributed by atoms with E-state index in [2.05, 4.69) is 36.2 Å². The Kier molecular flexibility index (Phi) is 3.79. The molecule has 0 saturated carbocycles. The zero-order valence-corrected chi connectivity index (χ0v) is 12.5. The van der Waals surface area contributed by atoms with E-state index >= 15 is 0 Å². The Bertz CT molecular complexity index is 512. The zero-order valence-electron chi connectivity index (χ0n) is 12.5. The van der Waals surface area contributed by atoms with Gasteiger partial charge in [-0.3, -0.25) is 4.79 Å². The molecule has 2 unspecified atom stereocenters. The van der Waals surface area contributed by atoms with Gasteiger partial charge in [-0.05, 0) is 61.9 Å². The number of rotatable bonds is 1. The van der Waals surface area contributed by atoms with Crippen LogP contribution in [-0.2, 0) is 13.0 Å². The Morgan fingerprint density at radius 3 is 2.95 bits per heavy atom. The van der Waals surface area contributed by atoms with Crippen molar-refractivity contribution in [2.75, 3.05) is 13.1 Å². The highest BCUT2D eigenvalue weighted by atomic mass is 16.2. The Hall–Kier alpha value is -1.35. The lowest BCUT2D eigenvalue weighted by molar-refractivity contribution is 0.0588. The summed E-state index contributed by atoms with van der Waals surface area (Å²) in [4.78, 5) is 14.8. The maximum absolute atomic E-state index is 12.7. The predicted octanol–water partition coefficient (Wildman–Crippen LogP) is 2.59. The molecule has 3 heteroatoms. The van der Waals surface area contributed by atoms with Crippen LogP contribution < -0.4 is 5.32 Å². The number of amides is 1. The van der Waals surface area contributed by atoms with Crippen molar-refractivity contribution >= 4 is 5.91 Å². The molecule has 0 bridgehead atoms. The SMILES string of the molecule is CC1CCN(C(=O)c2ccc3c(c2)CNCC3)C(C)C1. The maximum atomic E-state index is 12.7. The lowest BCUT2D eigenvalue weighted by Crippen LogP contribution is -2.44. The smallest absolute Gasteiger partial charge is 0.254 e. The van der Waals surface area contributed by atoms with Gasteiger partial charge in [-0.15, -0.1) is 0 Å². The van der Waals surface area contributed by atoms with E-state index < -0.39 is 0 Å². The van der Waals surface area contributed by atoms with Crippen molar-refractivity contribution in [3.8, 4) is 0 Å². The lowest BCUT2D eigenvalue weighted by atomic mass is 9.92. The third-order valence-electron chi connectivity index (χ3n) is 4.74. The third-order valence-corrected chi connectivity index (χ3v) is 4.74. The summed E-state index contributed by atoms with van der Waals surface area (Å²) in [5, 5.41) is 3.38. The minimum atomic E-state index is 0.206. The summed E-state index contributed by atoms with van der Waals surface area (Å²) >= 11 is 0. The van der Waals surface area contributed by atoms with Gasteiger partial charge in [0.05, 0.1) is 0 Å². The molecule has 1 aromatic carbocycles. The average molecular weight is 272 g/mol. The second-order valence-corrected chi connectivity index (χ2v) is 6.39. The van der Waals surface area contributed by atoms with Crippen LogP contribution in [0.2, 0.25) is 0 Å². The first-order chi connectivity index (χ1) is 9.65. The molecule has 1 amide bonds. The molecule has 2 aliphatic heterocycles.